The summed E-state index contributed by atoms with van der Waals surface area (Å²) in [6.45, 7) is 6.37. The number of aromatic nitrogens is 1. The van der Waals surface area contributed by atoms with E-state index in [1.807, 2.05) is 19.3 Å². The van der Waals surface area contributed by atoms with Crippen LogP contribution in [0.5, 0.6) is 0 Å². The lowest BCUT2D eigenvalue weighted by Gasteiger charge is -2.35. The number of aliphatic imine (C=N–C) groups is 1. The first-order valence-electron chi connectivity index (χ1n) is 9.85. The van der Waals surface area contributed by atoms with Gasteiger partial charge in [0.05, 0.1) is 31.1 Å². The number of ether oxygens (including phenoxy) is 2. The largest absolute Gasteiger partial charge is 0.376 e. The maximum atomic E-state index is 6.11. The number of hydrogen-bond acceptors (Lipinski definition) is 4. The highest BCUT2D eigenvalue weighted by atomic mass is 16.5. The lowest BCUT2D eigenvalue weighted by atomic mass is 10.1. The van der Waals surface area contributed by atoms with Gasteiger partial charge < -0.3 is 19.7 Å². The zero-order valence-electron chi connectivity index (χ0n) is 16.1. The molecule has 2 saturated heterocycles. The summed E-state index contributed by atoms with van der Waals surface area (Å²) in [7, 11) is 1.84. The Hall–Kier alpha value is -1.66. The molecule has 2 aliphatic rings. The Morgan fingerprint density at radius 2 is 2.19 bits per heavy atom. The summed E-state index contributed by atoms with van der Waals surface area (Å²) in [5.41, 5.74) is 2.27. The van der Waals surface area contributed by atoms with Crippen molar-refractivity contribution in [2.45, 2.75) is 57.8 Å². The molecule has 144 valence electrons. The normalized spacial score (nSPS) is 22.5. The number of nitrogens with one attached hydrogen (secondary N) is 1. The van der Waals surface area contributed by atoms with Gasteiger partial charge in [-0.2, -0.15) is 0 Å². The van der Waals surface area contributed by atoms with Crippen LogP contribution in [-0.4, -0.2) is 61.4 Å². The summed E-state index contributed by atoms with van der Waals surface area (Å²) in [5.74, 6) is 0.948. The molecule has 0 aromatic carbocycles. The lowest BCUT2D eigenvalue weighted by Crippen LogP contribution is -2.47. The van der Waals surface area contributed by atoms with Crippen LogP contribution in [0.25, 0.3) is 0 Å². The van der Waals surface area contributed by atoms with Crippen molar-refractivity contribution in [1.82, 2.24) is 15.2 Å². The minimum Gasteiger partial charge on any atom is -0.376 e. The lowest BCUT2D eigenvalue weighted by molar-refractivity contribution is -0.0721. The van der Waals surface area contributed by atoms with Crippen molar-refractivity contribution < 1.29 is 9.47 Å². The van der Waals surface area contributed by atoms with Crippen molar-refractivity contribution in [2.75, 3.05) is 33.4 Å². The fourth-order valence-electron chi connectivity index (χ4n) is 3.62. The topological polar surface area (TPSA) is 59.0 Å². The van der Waals surface area contributed by atoms with E-state index in [2.05, 4.69) is 33.2 Å². The Balaban J connectivity index is 1.40. The number of aryl methyl sites for hydroxylation is 1. The number of piperidine rings is 1. The highest BCUT2D eigenvalue weighted by molar-refractivity contribution is 5.79. The van der Waals surface area contributed by atoms with E-state index in [-0.39, 0.29) is 0 Å². The van der Waals surface area contributed by atoms with Crippen LogP contribution in [0.1, 0.15) is 43.4 Å². The molecular formula is C20H32N4O2. The van der Waals surface area contributed by atoms with Gasteiger partial charge in [-0.05, 0) is 50.7 Å². The maximum absolute atomic E-state index is 6.11. The van der Waals surface area contributed by atoms with Gasteiger partial charge in [-0.25, -0.2) is 0 Å². The number of guanidine groups is 1. The molecule has 3 rings (SSSR count). The molecule has 0 radical (unpaired) electrons. The first kappa shape index (κ1) is 19.1. The third kappa shape index (κ3) is 5.42. The molecule has 1 unspecified atom stereocenters. The van der Waals surface area contributed by atoms with Gasteiger partial charge in [0.25, 0.3) is 0 Å². The van der Waals surface area contributed by atoms with E-state index in [1.54, 1.807) is 0 Å². The Morgan fingerprint density at radius 1 is 1.35 bits per heavy atom. The standard InChI is InChI=1S/C20H32N4O2/c1-16-6-5-10-22-19(16)14-23-20(21-2)24-11-8-17(9-12-24)26-15-18-7-3-4-13-25-18/h5-6,10,17-18H,3-4,7-9,11-15H2,1-2H3,(H,21,23). The molecule has 1 N–H and O–H groups in total. The number of likely N-dealkylation sites (tertiary alicyclic amines) is 1. The van der Waals surface area contributed by atoms with Crippen molar-refractivity contribution in [3.05, 3.63) is 29.6 Å². The van der Waals surface area contributed by atoms with Crippen molar-refractivity contribution in [1.29, 1.82) is 0 Å². The average Bonchev–Trinajstić information content (AvgIpc) is 2.70. The Labute approximate surface area is 157 Å². The van der Waals surface area contributed by atoms with Crippen molar-refractivity contribution in [2.24, 2.45) is 4.99 Å². The Kier molecular flexibility index (Phi) is 7.26. The second kappa shape index (κ2) is 9.88. The molecular weight excluding hydrogens is 328 g/mol. The first-order chi connectivity index (χ1) is 12.8. The third-order valence-electron chi connectivity index (χ3n) is 5.28. The minimum atomic E-state index is 0.304. The van der Waals surface area contributed by atoms with E-state index in [0.717, 1.165) is 57.2 Å². The molecule has 1 atom stereocenters. The fraction of sp³-hybridized carbons (Fsp3) is 0.700. The van der Waals surface area contributed by atoms with Gasteiger partial charge in [-0.3, -0.25) is 9.98 Å². The Morgan fingerprint density at radius 3 is 2.88 bits per heavy atom. The number of pyridine rings is 1. The van der Waals surface area contributed by atoms with Crippen LogP contribution < -0.4 is 5.32 Å². The van der Waals surface area contributed by atoms with Gasteiger partial charge in [0.1, 0.15) is 0 Å². The first-order valence-corrected chi connectivity index (χ1v) is 9.85. The monoisotopic (exact) mass is 360 g/mol. The molecule has 6 nitrogen and oxygen atoms in total. The van der Waals surface area contributed by atoms with Crippen LogP contribution in [0, 0.1) is 6.92 Å². The molecule has 26 heavy (non-hydrogen) atoms. The van der Waals surface area contributed by atoms with E-state index in [1.165, 1.54) is 18.4 Å². The summed E-state index contributed by atoms with van der Waals surface area (Å²) in [4.78, 5) is 11.2. The molecule has 0 saturated carbocycles. The van der Waals surface area contributed by atoms with E-state index in [0.29, 0.717) is 18.8 Å². The maximum Gasteiger partial charge on any atom is 0.193 e. The predicted octanol–water partition coefficient (Wildman–Crippen LogP) is 2.52. The molecule has 2 aliphatic heterocycles. The van der Waals surface area contributed by atoms with Gasteiger partial charge in [0, 0.05) is 32.9 Å². The van der Waals surface area contributed by atoms with Crippen molar-refractivity contribution in [3.8, 4) is 0 Å². The van der Waals surface area contributed by atoms with Crippen LogP contribution in [0.3, 0.4) is 0 Å². The molecule has 0 amide bonds. The van der Waals surface area contributed by atoms with Crippen LogP contribution >= 0.6 is 0 Å². The summed E-state index contributed by atoms with van der Waals surface area (Å²) in [5, 5.41) is 3.45. The van der Waals surface area contributed by atoms with Crippen molar-refractivity contribution >= 4 is 5.96 Å². The number of nitrogens with zero attached hydrogens (tertiary/aromatic N) is 3. The zero-order valence-corrected chi connectivity index (χ0v) is 16.1. The summed E-state index contributed by atoms with van der Waals surface area (Å²) in [6, 6.07) is 4.06. The van der Waals surface area contributed by atoms with E-state index >= 15 is 0 Å². The van der Waals surface area contributed by atoms with E-state index in [4.69, 9.17) is 9.47 Å². The van der Waals surface area contributed by atoms with Crippen LogP contribution in [-0.2, 0) is 16.0 Å². The SMILES string of the molecule is CN=C(NCc1ncccc1C)N1CCC(OCC2CCCCO2)CC1. The minimum absolute atomic E-state index is 0.304. The predicted molar refractivity (Wildman–Crippen MR) is 103 cm³/mol. The van der Waals surface area contributed by atoms with Crippen molar-refractivity contribution in [3.63, 3.8) is 0 Å². The van der Waals surface area contributed by atoms with E-state index < -0.39 is 0 Å². The average molecular weight is 361 g/mol. The van der Waals surface area contributed by atoms with Gasteiger partial charge >= 0.3 is 0 Å². The molecule has 3 heterocycles. The number of rotatable bonds is 5. The van der Waals surface area contributed by atoms with Gasteiger partial charge in [-0.1, -0.05) is 6.07 Å². The Bertz CT molecular complexity index is 579. The third-order valence-corrected chi connectivity index (χ3v) is 5.28. The van der Waals surface area contributed by atoms with Gasteiger partial charge in [0.2, 0.25) is 0 Å². The second-order valence-corrected chi connectivity index (χ2v) is 7.18. The van der Waals surface area contributed by atoms with Crippen LogP contribution in [0.2, 0.25) is 0 Å². The highest BCUT2D eigenvalue weighted by Crippen LogP contribution is 2.18. The van der Waals surface area contributed by atoms with Crippen LogP contribution in [0.15, 0.2) is 23.3 Å². The van der Waals surface area contributed by atoms with Gasteiger partial charge in [0.15, 0.2) is 5.96 Å². The molecule has 0 aliphatic carbocycles. The smallest absolute Gasteiger partial charge is 0.193 e. The molecule has 0 bridgehead atoms. The quantitative estimate of drug-likeness (QED) is 0.646. The second-order valence-electron chi connectivity index (χ2n) is 7.18. The molecule has 1 aromatic heterocycles. The highest BCUT2D eigenvalue weighted by Gasteiger charge is 2.23. The molecule has 2 fully saturated rings. The molecule has 0 spiro atoms. The van der Waals surface area contributed by atoms with E-state index in [9.17, 15) is 0 Å². The summed E-state index contributed by atoms with van der Waals surface area (Å²) in [6.07, 6.45) is 8.16. The van der Waals surface area contributed by atoms with Gasteiger partial charge in [-0.15, -0.1) is 0 Å². The molecule has 6 heteroatoms. The number of hydrogen-bond donors (Lipinski definition) is 1. The zero-order chi connectivity index (χ0) is 18.2. The summed E-state index contributed by atoms with van der Waals surface area (Å²) < 4.78 is 11.9. The molecule has 1 aromatic rings. The fourth-order valence-corrected chi connectivity index (χ4v) is 3.62. The summed E-state index contributed by atoms with van der Waals surface area (Å²) >= 11 is 0. The van der Waals surface area contributed by atoms with Crippen LogP contribution in [0.4, 0.5) is 0 Å².